The highest BCUT2D eigenvalue weighted by molar-refractivity contribution is 9.18. The van der Waals surface area contributed by atoms with Crippen molar-refractivity contribution >= 4 is 32.6 Å². The lowest BCUT2D eigenvalue weighted by Gasteiger charge is -2.17. The summed E-state index contributed by atoms with van der Waals surface area (Å²) in [5.74, 6) is -1.15. The van der Waals surface area contributed by atoms with E-state index in [4.69, 9.17) is 14.7 Å². The van der Waals surface area contributed by atoms with Crippen LogP contribution in [0.3, 0.4) is 0 Å². The molecule has 0 aromatic heterocycles. The fourth-order valence-electron chi connectivity index (χ4n) is 1.91. The lowest BCUT2D eigenvalue weighted by atomic mass is 10.1. The number of amides is 1. The Morgan fingerprint density at radius 2 is 2.18 bits per heavy atom. The Balaban J connectivity index is 1.80. The standard InChI is InChI=1S/C14H15BrN2O5/c15-12-7-10(22-17-12)6-11(13(18)19)16-14(20)21-8-9-4-2-1-3-5-9/h1-5,10-11H,6-8H2,(H,16,20)(H,18,19)/t10-,11-/m0/s1. The number of halogens is 1. The van der Waals surface area contributed by atoms with Crippen LogP contribution in [0.4, 0.5) is 4.79 Å². The number of rotatable bonds is 6. The van der Waals surface area contributed by atoms with Crippen LogP contribution >= 0.6 is 15.9 Å². The molecule has 1 amide bonds. The van der Waals surface area contributed by atoms with Crippen molar-refractivity contribution in [2.24, 2.45) is 5.16 Å². The van der Waals surface area contributed by atoms with Crippen molar-refractivity contribution in [2.45, 2.75) is 31.6 Å². The van der Waals surface area contributed by atoms with Crippen LogP contribution in [0, 0.1) is 0 Å². The molecule has 1 aliphatic heterocycles. The third kappa shape index (κ3) is 5.03. The van der Waals surface area contributed by atoms with E-state index in [1.807, 2.05) is 30.3 Å². The van der Waals surface area contributed by atoms with Gasteiger partial charge in [-0.2, -0.15) is 0 Å². The number of carbonyl (C=O) groups excluding carboxylic acids is 1. The van der Waals surface area contributed by atoms with E-state index >= 15 is 0 Å². The zero-order valence-corrected chi connectivity index (χ0v) is 13.2. The number of aliphatic carboxylic acids is 1. The number of carboxylic acid groups (broad SMARTS) is 1. The van der Waals surface area contributed by atoms with Gasteiger partial charge in [0.25, 0.3) is 0 Å². The molecule has 0 unspecified atom stereocenters. The fraction of sp³-hybridized carbons (Fsp3) is 0.357. The number of nitrogens with one attached hydrogen (secondary N) is 1. The normalized spacial score (nSPS) is 18.0. The number of benzene rings is 1. The minimum absolute atomic E-state index is 0.0770. The van der Waals surface area contributed by atoms with Crippen LogP contribution in [-0.4, -0.2) is 33.9 Å². The highest BCUT2D eigenvalue weighted by Gasteiger charge is 2.29. The van der Waals surface area contributed by atoms with Gasteiger partial charge in [0.15, 0.2) is 0 Å². The van der Waals surface area contributed by atoms with Gasteiger partial charge in [-0.15, -0.1) is 0 Å². The molecule has 0 saturated heterocycles. The van der Waals surface area contributed by atoms with Gasteiger partial charge in [0.1, 0.15) is 23.4 Å². The van der Waals surface area contributed by atoms with E-state index in [1.54, 1.807) is 0 Å². The zero-order valence-electron chi connectivity index (χ0n) is 11.6. The number of alkyl carbamates (subject to hydrolysis) is 1. The number of carbonyl (C=O) groups is 2. The van der Waals surface area contributed by atoms with Crippen molar-refractivity contribution in [2.75, 3.05) is 0 Å². The average molecular weight is 371 g/mol. The second-order valence-electron chi connectivity index (χ2n) is 4.73. The molecule has 0 fully saturated rings. The second-order valence-corrected chi connectivity index (χ2v) is 5.65. The number of oxime groups is 1. The van der Waals surface area contributed by atoms with Gasteiger partial charge in [-0.25, -0.2) is 9.59 Å². The molecule has 1 aromatic carbocycles. The predicted molar refractivity (Wildman–Crippen MR) is 81.7 cm³/mol. The van der Waals surface area contributed by atoms with E-state index in [0.29, 0.717) is 11.0 Å². The third-order valence-corrected chi connectivity index (χ3v) is 3.47. The Morgan fingerprint density at radius 3 is 2.77 bits per heavy atom. The Kier molecular flexibility index (Phi) is 5.76. The number of hydrogen-bond donors (Lipinski definition) is 2. The van der Waals surface area contributed by atoms with E-state index < -0.39 is 18.1 Å². The summed E-state index contributed by atoms with van der Waals surface area (Å²) in [6, 6.07) is 8.03. The van der Waals surface area contributed by atoms with Crippen LogP contribution in [-0.2, 0) is 21.0 Å². The number of carboxylic acids is 1. The van der Waals surface area contributed by atoms with Gasteiger partial charge in [0.2, 0.25) is 0 Å². The molecule has 7 nitrogen and oxygen atoms in total. The quantitative estimate of drug-likeness (QED) is 0.800. The van der Waals surface area contributed by atoms with Gasteiger partial charge in [0.05, 0.1) is 0 Å². The molecule has 0 spiro atoms. The molecule has 118 valence electrons. The lowest BCUT2D eigenvalue weighted by Crippen LogP contribution is -2.43. The van der Waals surface area contributed by atoms with E-state index in [2.05, 4.69) is 26.4 Å². The first-order valence-electron chi connectivity index (χ1n) is 6.63. The van der Waals surface area contributed by atoms with Gasteiger partial charge in [-0.1, -0.05) is 35.5 Å². The van der Waals surface area contributed by atoms with Crippen molar-refractivity contribution in [3.8, 4) is 0 Å². The molecule has 0 aliphatic carbocycles. The van der Waals surface area contributed by atoms with Gasteiger partial charge < -0.3 is 20.0 Å². The lowest BCUT2D eigenvalue weighted by molar-refractivity contribution is -0.140. The summed E-state index contributed by atoms with van der Waals surface area (Å²) in [5.41, 5.74) is 0.820. The molecule has 1 heterocycles. The molecule has 2 N–H and O–H groups in total. The summed E-state index contributed by atoms with van der Waals surface area (Å²) in [4.78, 5) is 27.9. The Morgan fingerprint density at radius 1 is 1.45 bits per heavy atom. The van der Waals surface area contributed by atoms with Crippen molar-refractivity contribution in [3.05, 3.63) is 35.9 Å². The van der Waals surface area contributed by atoms with Crippen molar-refractivity contribution in [1.82, 2.24) is 5.32 Å². The molecule has 0 radical (unpaired) electrons. The molecule has 22 heavy (non-hydrogen) atoms. The SMILES string of the molecule is O=C(N[C@@H](C[C@H]1CC(Br)=NO1)C(=O)O)OCc1ccccc1. The number of hydrogen-bond acceptors (Lipinski definition) is 5. The first-order chi connectivity index (χ1) is 10.5. The maximum Gasteiger partial charge on any atom is 0.408 e. The Hall–Kier alpha value is -2.09. The van der Waals surface area contributed by atoms with Gasteiger partial charge in [0, 0.05) is 12.8 Å². The largest absolute Gasteiger partial charge is 0.480 e. The highest BCUT2D eigenvalue weighted by atomic mass is 79.9. The Bertz CT molecular complexity index is 564. The first-order valence-corrected chi connectivity index (χ1v) is 7.42. The minimum atomic E-state index is -1.15. The van der Waals surface area contributed by atoms with Gasteiger partial charge in [-0.05, 0) is 21.5 Å². The predicted octanol–water partition coefficient (Wildman–Crippen LogP) is 2.25. The van der Waals surface area contributed by atoms with Crippen molar-refractivity contribution in [1.29, 1.82) is 0 Å². The maximum atomic E-state index is 11.7. The Labute approximate surface area is 135 Å². The van der Waals surface area contributed by atoms with Crippen molar-refractivity contribution < 1.29 is 24.3 Å². The maximum absolute atomic E-state index is 11.7. The molecule has 0 bridgehead atoms. The second kappa shape index (κ2) is 7.79. The molecular weight excluding hydrogens is 356 g/mol. The monoisotopic (exact) mass is 370 g/mol. The van der Waals surface area contributed by atoms with Crippen LogP contribution in [0.2, 0.25) is 0 Å². The first kappa shape index (κ1) is 16.3. The third-order valence-electron chi connectivity index (χ3n) is 3.00. The molecule has 1 aromatic rings. The van der Waals surface area contributed by atoms with Gasteiger partial charge >= 0.3 is 12.1 Å². The van der Waals surface area contributed by atoms with Crippen molar-refractivity contribution in [3.63, 3.8) is 0 Å². The summed E-state index contributed by atoms with van der Waals surface area (Å²) in [6.07, 6.45) is -0.585. The molecular formula is C14H15BrN2O5. The number of ether oxygens (including phenoxy) is 1. The molecule has 2 rings (SSSR count). The minimum Gasteiger partial charge on any atom is -0.480 e. The van der Waals surface area contributed by atoms with E-state index in [-0.39, 0.29) is 19.1 Å². The van der Waals surface area contributed by atoms with Crippen LogP contribution in [0.25, 0.3) is 0 Å². The van der Waals surface area contributed by atoms with Crippen LogP contribution in [0.15, 0.2) is 35.5 Å². The molecule has 2 atom stereocenters. The molecule has 0 saturated carbocycles. The average Bonchev–Trinajstić information content (AvgIpc) is 2.91. The molecule has 1 aliphatic rings. The van der Waals surface area contributed by atoms with E-state index in [1.165, 1.54) is 0 Å². The van der Waals surface area contributed by atoms with Crippen LogP contribution < -0.4 is 5.32 Å². The van der Waals surface area contributed by atoms with E-state index in [0.717, 1.165) is 5.56 Å². The van der Waals surface area contributed by atoms with Crippen LogP contribution in [0.1, 0.15) is 18.4 Å². The summed E-state index contributed by atoms with van der Waals surface area (Å²) in [6.45, 7) is 0.0770. The topological polar surface area (TPSA) is 97.2 Å². The van der Waals surface area contributed by atoms with Gasteiger partial charge in [-0.3, -0.25) is 0 Å². The smallest absolute Gasteiger partial charge is 0.408 e. The zero-order chi connectivity index (χ0) is 15.9. The fourth-order valence-corrected chi connectivity index (χ4v) is 2.36. The van der Waals surface area contributed by atoms with Crippen LogP contribution in [0.5, 0.6) is 0 Å². The summed E-state index contributed by atoms with van der Waals surface area (Å²) in [5, 5.41) is 15.2. The highest BCUT2D eigenvalue weighted by Crippen LogP contribution is 2.18. The number of nitrogens with zero attached hydrogens (tertiary/aromatic N) is 1. The summed E-state index contributed by atoms with van der Waals surface area (Å²) < 4.78 is 5.62. The summed E-state index contributed by atoms with van der Waals surface area (Å²) in [7, 11) is 0. The van der Waals surface area contributed by atoms with E-state index in [9.17, 15) is 9.59 Å². The molecule has 8 heteroatoms. The summed E-state index contributed by atoms with van der Waals surface area (Å²) >= 11 is 3.17.